The second-order valence-corrected chi connectivity index (χ2v) is 25.3. The topological polar surface area (TPSA) is 735 Å². The highest BCUT2D eigenvalue weighted by Crippen LogP contribution is 2.15. The molecule has 10 amide bonds. The maximum Gasteiger partial charge on any atom is 0.327 e. The van der Waals surface area contributed by atoms with Crippen LogP contribution in [-0.4, -0.2) is 305 Å². The van der Waals surface area contributed by atoms with E-state index < -0.39 is 264 Å². The normalized spacial score (nSPS) is 15.1. The first-order valence-corrected chi connectivity index (χ1v) is 35.0. The van der Waals surface area contributed by atoms with Crippen LogP contribution in [0.25, 0.3) is 11.2 Å². The zero-order chi connectivity index (χ0) is 81.4. The number of nitrogens with zero attached hydrogens (tertiary/aromatic N) is 3. The predicted octanol–water partition coefficient (Wildman–Crippen LogP) is -9.82. The van der Waals surface area contributed by atoms with Crippen LogP contribution in [0.1, 0.15) is 119 Å². The van der Waals surface area contributed by atoms with Crippen LogP contribution in [0.5, 0.6) is 0 Å². The molecule has 0 spiro atoms. The fourth-order valence-electron chi connectivity index (χ4n) is 10.00. The van der Waals surface area contributed by atoms with Crippen molar-refractivity contribution in [1.82, 2.24) is 73.1 Å². The lowest BCUT2D eigenvalue weighted by Crippen LogP contribution is -2.59. The average molecular weight is 1570 g/mol. The van der Waals surface area contributed by atoms with Gasteiger partial charge in [-0.3, -0.25) is 67.3 Å². The number of thiol groups is 1. The van der Waals surface area contributed by atoms with Crippen LogP contribution in [-0.2, 0) is 64.1 Å². The van der Waals surface area contributed by atoms with E-state index in [0.29, 0.717) is 11.4 Å². The highest BCUT2D eigenvalue weighted by atomic mass is 32.1. The molecule has 44 nitrogen and oxygen atoms in total. The number of carbonyl (C=O) groups excluding carboxylic acids is 10. The Hall–Kier alpha value is -9.94. The number of carboxylic acids is 3. The number of nitrogens with one attached hydrogen (secondary N) is 12. The van der Waals surface area contributed by atoms with E-state index in [1.165, 1.54) is 18.3 Å². The summed E-state index contributed by atoms with van der Waals surface area (Å²) in [4.78, 5) is 201. The number of benzene rings is 1. The molecule has 28 N–H and O–H groups in total. The van der Waals surface area contributed by atoms with Gasteiger partial charge in [0.15, 0.2) is 11.2 Å². The van der Waals surface area contributed by atoms with E-state index in [1.807, 2.05) is 0 Å². The van der Waals surface area contributed by atoms with Crippen molar-refractivity contribution in [3.05, 3.63) is 52.1 Å². The fourth-order valence-corrected chi connectivity index (χ4v) is 10.2. The molecule has 0 aliphatic rings. The zero-order valence-electron chi connectivity index (χ0n) is 59.0. The lowest BCUT2D eigenvalue weighted by molar-refractivity contribution is -0.142. The number of hydrogen-bond donors (Lipinski definition) is 28. The van der Waals surface area contributed by atoms with Crippen LogP contribution in [0.3, 0.4) is 0 Å². The molecule has 3 rings (SSSR count). The third kappa shape index (κ3) is 35.3. The second kappa shape index (κ2) is 49.2. The summed E-state index contributed by atoms with van der Waals surface area (Å²) >= 11 is 3.91. The van der Waals surface area contributed by atoms with Gasteiger partial charge in [0.05, 0.1) is 62.7 Å². The number of aromatic nitrogens is 4. The van der Waals surface area contributed by atoms with Crippen LogP contribution in [0.4, 0.5) is 11.6 Å². The molecule has 0 aliphatic carbocycles. The van der Waals surface area contributed by atoms with Crippen LogP contribution >= 0.6 is 12.6 Å². The quantitative estimate of drug-likeness (QED) is 0.0184. The van der Waals surface area contributed by atoms with Gasteiger partial charge in [-0.2, -0.15) is 17.6 Å². The number of aliphatic hydroxyl groups excluding tert-OH is 11. The predicted molar refractivity (Wildman–Crippen MR) is 379 cm³/mol. The number of aromatic amines is 1. The van der Waals surface area contributed by atoms with Gasteiger partial charge in [-0.25, -0.2) is 14.8 Å². The summed E-state index contributed by atoms with van der Waals surface area (Å²) < 4.78 is 0. The molecule has 14 atom stereocenters. The van der Waals surface area contributed by atoms with Crippen LogP contribution in [0.2, 0.25) is 0 Å². The number of carbonyl (C=O) groups is 13. The summed E-state index contributed by atoms with van der Waals surface area (Å²) in [5.74, 6) is -16.1. The van der Waals surface area contributed by atoms with Gasteiger partial charge in [0.25, 0.3) is 11.5 Å². The lowest BCUT2D eigenvalue weighted by atomic mass is 10.0. The molecular formula is C64H98N16O28S. The summed E-state index contributed by atoms with van der Waals surface area (Å²) in [6.07, 6.45) is -20.7. The first-order valence-electron chi connectivity index (χ1n) is 34.4. The number of rotatable bonds is 54. The highest BCUT2D eigenvalue weighted by molar-refractivity contribution is 7.80. The Morgan fingerprint density at radius 3 is 1.30 bits per heavy atom. The first-order chi connectivity index (χ1) is 51.6. The van der Waals surface area contributed by atoms with Crippen LogP contribution < -0.4 is 69.8 Å². The SMILES string of the molecule is Nc1nc2ncc(CNc3ccc(C(=O)NCCCC(=O)N[C@@H](CCC(=O)NCC[C@@H](O)[C@H](O)[C@H](O)CO)C(=O)N[C@H](CCC(=O)O)C(=O)N[C@@H](CCC(=O)NCC[C@@H](O)C[C@H](O)CO)C(=O)N[C@H](CCC(=O)O)C(=O)N[C@@H](CCC(=O)NCC[C@@H](O)[C@H](O)[C@H](O)CO)C(=O)N[C@H](CS)C(=O)O)cc3)nc2c(=O)[nH]1. The summed E-state index contributed by atoms with van der Waals surface area (Å²) in [6, 6.07) is -5.34. The van der Waals surface area contributed by atoms with Gasteiger partial charge in [0, 0.05) is 88.1 Å². The maximum absolute atomic E-state index is 14.6. The molecule has 109 heavy (non-hydrogen) atoms. The van der Waals surface area contributed by atoms with Crippen molar-refractivity contribution >= 4 is 112 Å². The monoisotopic (exact) mass is 1570 g/mol. The standard InChI is InChI=1S/C64H98N16O28S/c65-64-79-55-52(62(106)80-64)72-33(26-71-55)25-70-32-5-3-31(4-6-32)56(100)69-20-1-2-49(93)73-36(7-12-47(91)67-22-18-42(86)53(98)44(88)28-82)57(101)76-39(10-15-50(94)95)59(103)74-37(8-13-46(90)66-21-17-34(84)24-35(85)27-81)58(102)77-40(11-16-51(96)97)60(104)75-38(61(105)78-41(30-109)63(107)108)9-14-48(92)68-23-19-43(87)54(99)45(89)29-83/h3-6,26,34-45,53-54,70,81-89,98-99,109H,1-2,7-25,27-30H2,(H,66,90)(H,67,91)(H,68,92)(H,69,100)(H,73,93)(H,74,103)(H,75,104)(H,76,101)(H,77,102)(H,78,105)(H,94,95)(H,96,97)(H,107,108)(H3,65,71,79,80,106)/t34-,35+,36+,37+,38+,39-,40-,41-,42-,43-,44-,45-,53+,54+/m1/s1. The minimum Gasteiger partial charge on any atom is -0.481 e. The number of nitrogen functional groups attached to an aromatic ring is 1. The minimum absolute atomic E-state index is 0.0373. The van der Waals surface area contributed by atoms with E-state index in [-0.39, 0.29) is 87.5 Å². The number of amides is 10. The number of carboxylic acid groups (broad SMARTS) is 3. The van der Waals surface area contributed by atoms with Gasteiger partial charge in [-0.05, 0) is 82.1 Å². The zero-order valence-corrected chi connectivity index (χ0v) is 59.9. The summed E-state index contributed by atoms with van der Waals surface area (Å²) in [7, 11) is 0. The Morgan fingerprint density at radius 2 is 0.890 bits per heavy atom. The summed E-state index contributed by atoms with van der Waals surface area (Å²) in [6.45, 7) is -3.53. The third-order valence-corrected chi connectivity index (χ3v) is 16.6. The fraction of sp³-hybridized carbons (Fsp3) is 0.609. The highest BCUT2D eigenvalue weighted by Gasteiger charge is 2.36. The molecule has 0 fully saturated rings. The second-order valence-electron chi connectivity index (χ2n) is 25.0. The van der Waals surface area contributed by atoms with Gasteiger partial charge in [-0.15, -0.1) is 0 Å². The van der Waals surface area contributed by atoms with Crippen molar-refractivity contribution in [3.8, 4) is 0 Å². The van der Waals surface area contributed by atoms with E-state index >= 15 is 0 Å². The van der Waals surface area contributed by atoms with E-state index in [0.717, 1.165) is 0 Å². The van der Waals surface area contributed by atoms with Crippen molar-refractivity contribution < 1.29 is 134 Å². The van der Waals surface area contributed by atoms with Gasteiger partial charge in [-0.1, -0.05) is 0 Å². The van der Waals surface area contributed by atoms with Gasteiger partial charge < -0.3 is 136 Å². The smallest absolute Gasteiger partial charge is 0.327 e. The van der Waals surface area contributed by atoms with E-state index in [1.54, 1.807) is 12.1 Å². The minimum atomic E-state index is -2.03. The number of H-pyrrole nitrogens is 1. The maximum atomic E-state index is 14.6. The van der Waals surface area contributed by atoms with Gasteiger partial charge in [0.2, 0.25) is 59.1 Å². The number of aliphatic carboxylic acids is 3. The summed E-state index contributed by atoms with van der Waals surface area (Å²) in [5.41, 5.74) is 6.08. The molecule has 608 valence electrons. The molecule has 2 heterocycles. The Labute approximate surface area is 626 Å². The number of hydrogen-bond acceptors (Lipinski definition) is 31. The Morgan fingerprint density at radius 1 is 0.468 bits per heavy atom. The van der Waals surface area contributed by atoms with E-state index in [9.17, 15) is 128 Å². The number of aliphatic hydroxyl groups is 11. The van der Waals surface area contributed by atoms with Gasteiger partial charge >= 0.3 is 17.9 Å². The third-order valence-electron chi connectivity index (χ3n) is 16.3. The van der Waals surface area contributed by atoms with Crippen LogP contribution in [0, 0.1) is 0 Å². The van der Waals surface area contributed by atoms with Crippen molar-refractivity contribution in [3.63, 3.8) is 0 Å². The summed E-state index contributed by atoms with van der Waals surface area (Å²) in [5, 5.41) is 163. The molecule has 2 aromatic heterocycles. The molecule has 0 saturated carbocycles. The van der Waals surface area contributed by atoms with E-state index in [4.69, 9.17) is 15.9 Å². The Kier molecular flexibility index (Phi) is 42.1. The van der Waals surface area contributed by atoms with Crippen molar-refractivity contribution in [2.45, 2.75) is 194 Å². The lowest BCUT2D eigenvalue weighted by Gasteiger charge is -2.27. The molecular weight excluding hydrogens is 1470 g/mol. The van der Waals surface area contributed by atoms with Gasteiger partial charge in [0.1, 0.15) is 60.7 Å². The van der Waals surface area contributed by atoms with Crippen molar-refractivity contribution in [2.75, 3.05) is 62.8 Å². The van der Waals surface area contributed by atoms with E-state index in [2.05, 4.69) is 91.0 Å². The molecule has 3 aromatic rings. The van der Waals surface area contributed by atoms with Crippen LogP contribution in [0.15, 0.2) is 35.3 Å². The molecule has 0 bridgehead atoms. The Balaban J connectivity index is 1.94. The number of nitrogens with two attached hydrogens (primary N) is 1. The molecule has 0 radical (unpaired) electrons. The number of fused-ring (bicyclic) bond motifs is 1. The molecule has 0 aliphatic heterocycles. The first kappa shape index (κ1) is 93.3. The largest absolute Gasteiger partial charge is 0.481 e. The Bertz CT molecular complexity index is 3570. The molecule has 45 heteroatoms. The average Bonchev–Trinajstić information content (AvgIpc) is 0.590. The molecule has 0 unspecified atom stereocenters. The van der Waals surface area contributed by atoms with Crippen molar-refractivity contribution in [1.29, 1.82) is 0 Å². The molecule has 1 aromatic carbocycles. The molecule has 0 saturated heterocycles. The number of anilines is 2. The van der Waals surface area contributed by atoms with Crippen molar-refractivity contribution in [2.24, 2.45) is 0 Å².